The van der Waals surface area contributed by atoms with Gasteiger partial charge in [0.15, 0.2) is 0 Å². The minimum atomic E-state index is -0.428. The van der Waals surface area contributed by atoms with Gasteiger partial charge in [0, 0.05) is 69.5 Å². The van der Waals surface area contributed by atoms with Gasteiger partial charge in [0.2, 0.25) is 5.91 Å². The Morgan fingerprint density at radius 2 is 1.95 bits per heavy atom. The Kier molecular flexibility index (Phi) is 7.51. The summed E-state index contributed by atoms with van der Waals surface area (Å²) in [4.78, 5) is 35.9. The van der Waals surface area contributed by atoms with Crippen molar-refractivity contribution in [3.63, 3.8) is 0 Å². The monoisotopic (exact) mass is 533 g/mol. The minimum absolute atomic E-state index is 0.00579. The van der Waals surface area contributed by atoms with Crippen LogP contribution < -0.4 is 0 Å². The van der Waals surface area contributed by atoms with Gasteiger partial charge in [-0.05, 0) is 82.2 Å². The molecule has 7 nitrogen and oxygen atoms in total. The van der Waals surface area contributed by atoms with Crippen LogP contribution >= 0.6 is 0 Å². The summed E-state index contributed by atoms with van der Waals surface area (Å²) in [6, 6.07) is 5.27. The van der Waals surface area contributed by atoms with Gasteiger partial charge >= 0.3 is 0 Å². The number of pyridine rings is 1. The first kappa shape index (κ1) is 27.3. The Hall–Kier alpha value is -3.26. The summed E-state index contributed by atoms with van der Waals surface area (Å²) in [5, 5.41) is 1.16. The maximum absolute atomic E-state index is 14.4. The quantitative estimate of drug-likeness (QED) is 0.456. The Morgan fingerprint density at radius 1 is 1.21 bits per heavy atom. The lowest BCUT2D eigenvalue weighted by molar-refractivity contribution is -0.133. The van der Waals surface area contributed by atoms with Crippen molar-refractivity contribution in [1.82, 2.24) is 24.3 Å². The van der Waals surface area contributed by atoms with E-state index in [9.17, 15) is 14.0 Å². The standard InChI is InChI=1S/C31H40FN5O2/c1-19(2)34(6)31(39)27-13-25(32)7-8-28(27)37-18-24(30-20(3)14-33-15-29(30)37)12-23-16-35(17-23)26-9-10-36(22(5)38)21(4)11-26/h7-8,13-15,18-19,21,23,26H,9-12,16-17H2,1-6H3/t21-,26+/m1/s1. The zero-order chi connectivity index (χ0) is 28.0. The fourth-order valence-corrected chi connectivity index (χ4v) is 6.40. The second-order valence-corrected chi connectivity index (χ2v) is 11.8. The molecule has 3 aromatic rings. The topological polar surface area (TPSA) is 61.7 Å². The van der Waals surface area contributed by atoms with Crippen LogP contribution in [0.25, 0.3) is 16.6 Å². The number of hydrogen-bond donors (Lipinski definition) is 0. The fourth-order valence-electron chi connectivity index (χ4n) is 6.40. The molecule has 208 valence electrons. The number of halogens is 1. The van der Waals surface area contributed by atoms with Crippen molar-refractivity contribution in [2.75, 3.05) is 26.7 Å². The van der Waals surface area contributed by atoms with E-state index in [0.717, 1.165) is 55.4 Å². The Morgan fingerprint density at radius 3 is 2.62 bits per heavy atom. The highest BCUT2D eigenvalue weighted by Crippen LogP contribution is 2.34. The van der Waals surface area contributed by atoms with E-state index >= 15 is 0 Å². The summed E-state index contributed by atoms with van der Waals surface area (Å²) < 4.78 is 16.4. The molecule has 4 heterocycles. The number of amides is 2. The number of piperidine rings is 1. The van der Waals surface area contributed by atoms with E-state index in [0.29, 0.717) is 23.2 Å². The number of likely N-dealkylation sites (tertiary alicyclic amines) is 2. The van der Waals surface area contributed by atoms with Gasteiger partial charge in [0.25, 0.3) is 5.91 Å². The van der Waals surface area contributed by atoms with Gasteiger partial charge in [0.05, 0.1) is 23.0 Å². The Balaban J connectivity index is 1.40. The molecule has 2 atom stereocenters. The van der Waals surface area contributed by atoms with Gasteiger partial charge in [-0.15, -0.1) is 0 Å². The van der Waals surface area contributed by atoms with E-state index in [4.69, 9.17) is 0 Å². The second-order valence-electron chi connectivity index (χ2n) is 11.8. The molecule has 2 fully saturated rings. The van der Waals surface area contributed by atoms with E-state index in [1.54, 1.807) is 24.9 Å². The lowest BCUT2D eigenvalue weighted by Crippen LogP contribution is -2.57. The molecule has 8 heteroatoms. The zero-order valence-electron chi connectivity index (χ0n) is 23.9. The molecule has 1 aromatic carbocycles. The van der Waals surface area contributed by atoms with Crippen LogP contribution in [-0.2, 0) is 11.2 Å². The number of carbonyl (C=O) groups is 2. The zero-order valence-corrected chi connectivity index (χ0v) is 23.9. The Bertz CT molecular complexity index is 1390. The summed E-state index contributed by atoms with van der Waals surface area (Å²) in [5.41, 5.74) is 4.27. The van der Waals surface area contributed by atoms with Gasteiger partial charge in [-0.1, -0.05) is 0 Å². The molecule has 2 aliphatic heterocycles. The molecule has 0 aliphatic carbocycles. The second kappa shape index (κ2) is 10.7. The summed E-state index contributed by atoms with van der Waals surface area (Å²) in [5.74, 6) is 0.0798. The summed E-state index contributed by atoms with van der Waals surface area (Å²) in [7, 11) is 1.75. The molecule has 0 unspecified atom stereocenters. The number of hydrogen-bond acceptors (Lipinski definition) is 4. The molecule has 5 rings (SSSR count). The van der Waals surface area contributed by atoms with Crippen molar-refractivity contribution in [1.29, 1.82) is 0 Å². The van der Waals surface area contributed by atoms with E-state index in [-0.39, 0.29) is 23.9 Å². The maximum atomic E-state index is 14.4. The average Bonchev–Trinajstić information content (AvgIpc) is 3.24. The molecule has 2 saturated heterocycles. The SMILES string of the molecule is CC(=O)N1CC[C@H](N2CC(Cc3cn(-c4ccc(F)cc4C(=O)N(C)C(C)C)c4cncc(C)c34)C2)C[C@H]1C. The first-order chi connectivity index (χ1) is 18.5. The van der Waals surface area contributed by atoms with Crippen LogP contribution in [0.15, 0.2) is 36.8 Å². The molecule has 2 aromatic heterocycles. The number of benzene rings is 1. The van der Waals surface area contributed by atoms with Gasteiger partial charge in [-0.2, -0.15) is 0 Å². The molecular formula is C31H40FN5O2. The van der Waals surface area contributed by atoms with Gasteiger partial charge < -0.3 is 14.4 Å². The highest BCUT2D eigenvalue weighted by molar-refractivity contribution is 5.99. The van der Waals surface area contributed by atoms with Crippen molar-refractivity contribution < 1.29 is 14.0 Å². The predicted molar refractivity (Wildman–Crippen MR) is 152 cm³/mol. The van der Waals surface area contributed by atoms with E-state index in [1.807, 2.05) is 35.7 Å². The maximum Gasteiger partial charge on any atom is 0.256 e. The lowest BCUT2D eigenvalue weighted by Gasteiger charge is -2.49. The highest BCUT2D eigenvalue weighted by Gasteiger charge is 2.37. The summed E-state index contributed by atoms with van der Waals surface area (Å²) >= 11 is 0. The van der Waals surface area contributed by atoms with Crippen molar-refractivity contribution in [2.24, 2.45) is 5.92 Å². The summed E-state index contributed by atoms with van der Waals surface area (Å²) in [6.07, 6.45) is 8.84. The first-order valence-electron chi connectivity index (χ1n) is 14.1. The van der Waals surface area contributed by atoms with Crippen molar-refractivity contribution in [3.05, 3.63) is 59.3 Å². The van der Waals surface area contributed by atoms with E-state index in [2.05, 4.69) is 29.9 Å². The van der Waals surface area contributed by atoms with Gasteiger partial charge in [-0.3, -0.25) is 19.5 Å². The third-order valence-corrected chi connectivity index (χ3v) is 8.79. The largest absolute Gasteiger partial charge is 0.340 e. The molecule has 0 spiro atoms. The molecule has 0 bridgehead atoms. The van der Waals surface area contributed by atoms with Crippen LogP contribution in [-0.4, -0.2) is 80.9 Å². The number of nitrogens with zero attached hydrogens (tertiary/aromatic N) is 5. The lowest BCUT2D eigenvalue weighted by atomic mass is 9.87. The van der Waals surface area contributed by atoms with Crippen molar-refractivity contribution in [3.8, 4) is 5.69 Å². The molecule has 0 radical (unpaired) electrons. The van der Waals surface area contributed by atoms with E-state index in [1.165, 1.54) is 17.7 Å². The van der Waals surface area contributed by atoms with Crippen LogP contribution in [0.5, 0.6) is 0 Å². The molecule has 39 heavy (non-hydrogen) atoms. The van der Waals surface area contributed by atoms with Crippen LogP contribution in [0.2, 0.25) is 0 Å². The predicted octanol–water partition coefficient (Wildman–Crippen LogP) is 4.83. The third-order valence-electron chi connectivity index (χ3n) is 8.79. The van der Waals surface area contributed by atoms with Crippen molar-refractivity contribution in [2.45, 2.75) is 72.0 Å². The van der Waals surface area contributed by atoms with Crippen LogP contribution in [0, 0.1) is 18.7 Å². The number of rotatable bonds is 6. The minimum Gasteiger partial charge on any atom is -0.340 e. The number of fused-ring (bicyclic) bond motifs is 1. The molecular weight excluding hydrogens is 493 g/mol. The van der Waals surface area contributed by atoms with Gasteiger partial charge in [0.1, 0.15) is 5.82 Å². The molecule has 2 aliphatic rings. The average molecular weight is 534 g/mol. The molecule has 2 amide bonds. The fraction of sp³-hybridized carbons (Fsp3) is 0.516. The van der Waals surface area contributed by atoms with Gasteiger partial charge in [-0.25, -0.2) is 4.39 Å². The smallest absolute Gasteiger partial charge is 0.256 e. The van der Waals surface area contributed by atoms with Crippen LogP contribution in [0.1, 0.15) is 62.0 Å². The number of carbonyl (C=O) groups excluding carboxylic acids is 2. The molecule has 0 N–H and O–H groups in total. The number of aryl methyl sites for hydroxylation is 1. The van der Waals surface area contributed by atoms with Crippen molar-refractivity contribution >= 4 is 22.7 Å². The van der Waals surface area contributed by atoms with E-state index < -0.39 is 5.82 Å². The third kappa shape index (κ3) is 5.19. The van der Waals surface area contributed by atoms with Crippen LogP contribution in [0.4, 0.5) is 4.39 Å². The van der Waals surface area contributed by atoms with Crippen LogP contribution in [0.3, 0.4) is 0 Å². The normalized spacial score (nSPS) is 20.5. The number of aromatic nitrogens is 2. The highest BCUT2D eigenvalue weighted by atomic mass is 19.1. The molecule has 0 saturated carbocycles. The summed E-state index contributed by atoms with van der Waals surface area (Å²) in [6.45, 7) is 12.7. The Labute approximate surface area is 230 Å². The first-order valence-corrected chi connectivity index (χ1v) is 14.1.